The number of nitrogens with one attached hydrogen (secondary N) is 1. The van der Waals surface area contributed by atoms with Gasteiger partial charge in [0.25, 0.3) is 0 Å². The van der Waals surface area contributed by atoms with Crippen LogP contribution in [-0.4, -0.2) is 30.5 Å². The molecule has 1 saturated heterocycles. The van der Waals surface area contributed by atoms with E-state index >= 15 is 0 Å². The SMILES string of the molecule is C[C@@H](NC1COCC1O)c1ccccc1Cl. The molecule has 88 valence electrons. The highest BCUT2D eigenvalue weighted by molar-refractivity contribution is 6.31. The number of aliphatic hydroxyl groups excluding tert-OH is 1. The van der Waals surface area contributed by atoms with Gasteiger partial charge < -0.3 is 15.2 Å². The third-order valence-corrected chi connectivity index (χ3v) is 3.23. The molecule has 2 unspecified atom stereocenters. The highest BCUT2D eigenvalue weighted by Crippen LogP contribution is 2.23. The first-order chi connectivity index (χ1) is 7.68. The van der Waals surface area contributed by atoms with E-state index in [-0.39, 0.29) is 12.1 Å². The lowest BCUT2D eigenvalue weighted by molar-refractivity contribution is 0.121. The Hall–Kier alpha value is -0.610. The summed E-state index contributed by atoms with van der Waals surface area (Å²) in [5.74, 6) is 0. The number of hydrogen-bond donors (Lipinski definition) is 2. The predicted octanol–water partition coefficient (Wildman–Crippen LogP) is 1.75. The van der Waals surface area contributed by atoms with Gasteiger partial charge in [-0.15, -0.1) is 0 Å². The Morgan fingerprint density at radius 1 is 1.44 bits per heavy atom. The van der Waals surface area contributed by atoms with Gasteiger partial charge in [0.2, 0.25) is 0 Å². The molecule has 1 heterocycles. The van der Waals surface area contributed by atoms with Gasteiger partial charge in [0, 0.05) is 11.1 Å². The molecule has 1 aliphatic rings. The first-order valence-electron chi connectivity index (χ1n) is 5.45. The van der Waals surface area contributed by atoms with Crippen molar-refractivity contribution < 1.29 is 9.84 Å². The van der Waals surface area contributed by atoms with Crippen LogP contribution < -0.4 is 5.32 Å². The fourth-order valence-corrected chi connectivity index (χ4v) is 2.24. The number of rotatable bonds is 3. The Morgan fingerprint density at radius 3 is 2.81 bits per heavy atom. The van der Waals surface area contributed by atoms with Gasteiger partial charge in [-0.2, -0.15) is 0 Å². The van der Waals surface area contributed by atoms with Gasteiger partial charge in [0.15, 0.2) is 0 Å². The van der Waals surface area contributed by atoms with Crippen molar-refractivity contribution in [3.05, 3.63) is 34.9 Å². The molecule has 1 aromatic rings. The highest BCUT2D eigenvalue weighted by atomic mass is 35.5. The molecule has 4 heteroatoms. The van der Waals surface area contributed by atoms with Crippen LogP contribution in [0.25, 0.3) is 0 Å². The molecule has 0 amide bonds. The molecular weight excluding hydrogens is 226 g/mol. The van der Waals surface area contributed by atoms with E-state index in [9.17, 15) is 5.11 Å². The van der Waals surface area contributed by atoms with E-state index in [2.05, 4.69) is 5.32 Å². The first kappa shape index (κ1) is 11.9. The molecule has 0 saturated carbocycles. The molecule has 3 nitrogen and oxygen atoms in total. The average Bonchev–Trinajstić information content (AvgIpc) is 2.65. The van der Waals surface area contributed by atoms with Gasteiger partial charge >= 0.3 is 0 Å². The summed E-state index contributed by atoms with van der Waals surface area (Å²) >= 11 is 6.11. The van der Waals surface area contributed by atoms with Crippen LogP contribution in [0.5, 0.6) is 0 Å². The second-order valence-corrected chi connectivity index (χ2v) is 4.53. The van der Waals surface area contributed by atoms with Crippen molar-refractivity contribution in [2.45, 2.75) is 25.1 Å². The van der Waals surface area contributed by atoms with Crippen molar-refractivity contribution >= 4 is 11.6 Å². The minimum atomic E-state index is -0.426. The van der Waals surface area contributed by atoms with Crippen molar-refractivity contribution in [2.75, 3.05) is 13.2 Å². The van der Waals surface area contributed by atoms with Crippen LogP contribution >= 0.6 is 11.6 Å². The van der Waals surface area contributed by atoms with Crippen LogP contribution in [0.15, 0.2) is 24.3 Å². The van der Waals surface area contributed by atoms with Crippen LogP contribution in [0.2, 0.25) is 5.02 Å². The summed E-state index contributed by atoms with van der Waals surface area (Å²) in [5, 5.41) is 13.7. The summed E-state index contributed by atoms with van der Waals surface area (Å²) in [5.41, 5.74) is 1.04. The normalized spacial score (nSPS) is 26.9. The fraction of sp³-hybridized carbons (Fsp3) is 0.500. The van der Waals surface area contributed by atoms with Gasteiger partial charge in [-0.25, -0.2) is 0 Å². The maximum Gasteiger partial charge on any atom is 0.0948 e. The Morgan fingerprint density at radius 2 is 2.19 bits per heavy atom. The summed E-state index contributed by atoms with van der Waals surface area (Å²) in [6.45, 7) is 3.00. The van der Waals surface area contributed by atoms with Crippen molar-refractivity contribution in [2.24, 2.45) is 0 Å². The number of benzene rings is 1. The van der Waals surface area contributed by atoms with E-state index < -0.39 is 6.10 Å². The van der Waals surface area contributed by atoms with E-state index in [4.69, 9.17) is 16.3 Å². The minimum absolute atomic E-state index is 0.00808. The summed E-state index contributed by atoms with van der Waals surface area (Å²) in [7, 11) is 0. The quantitative estimate of drug-likeness (QED) is 0.847. The van der Waals surface area contributed by atoms with Gasteiger partial charge in [-0.05, 0) is 18.6 Å². The van der Waals surface area contributed by atoms with Crippen LogP contribution in [-0.2, 0) is 4.74 Å². The smallest absolute Gasteiger partial charge is 0.0948 e. The fourth-order valence-electron chi connectivity index (χ4n) is 1.94. The molecule has 0 radical (unpaired) electrons. The molecule has 2 N–H and O–H groups in total. The minimum Gasteiger partial charge on any atom is -0.389 e. The largest absolute Gasteiger partial charge is 0.389 e. The zero-order valence-corrected chi connectivity index (χ0v) is 9.95. The number of hydrogen-bond acceptors (Lipinski definition) is 3. The zero-order valence-electron chi connectivity index (χ0n) is 9.19. The molecule has 0 aliphatic carbocycles. The van der Waals surface area contributed by atoms with Crippen molar-refractivity contribution in [1.82, 2.24) is 5.32 Å². The second kappa shape index (κ2) is 5.15. The van der Waals surface area contributed by atoms with Gasteiger partial charge in [0.1, 0.15) is 0 Å². The highest BCUT2D eigenvalue weighted by Gasteiger charge is 2.27. The van der Waals surface area contributed by atoms with E-state index in [1.54, 1.807) is 0 Å². The molecule has 0 aromatic heterocycles. The molecule has 1 aromatic carbocycles. The van der Waals surface area contributed by atoms with E-state index in [0.717, 1.165) is 10.6 Å². The summed E-state index contributed by atoms with van der Waals surface area (Å²) in [6.07, 6.45) is -0.426. The lowest BCUT2D eigenvalue weighted by Gasteiger charge is -2.21. The van der Waals surface area contributed by atoms with E-state index in [1.165, 1.54) is 0 Å². The molecular formula is C12H16ClNO2. The lowest BCUT2D eigenvalue weighted by atomic mass is 10.1. The summed E-state index contributed by atoms with van der Waals surface area (Å²) in [6, 6.07) is 7.83. The Balaban J connectivity index is 2.03. The topological polar surface area (TPSA) is 41.5 Å². The predicted molar refractivity (Wildman–Crippen MR) is 63.6 cm³/mol. The monoisotopic (exact) mass is 241 g/mol. The van der Waals surface area contributed by atoms with Crippen LogP contribution in [0, 0.1) is 0 Å². The molecule has 3 atom stereocenters. The van der Waals surface area contributed by atoms with Crippen molar-refractivity contribution in [3.63, 3.8) is 0 Å². The molecule has 1 fully saturated rings. The lowest BCUT2D eigenvalue weighted by Crippen LogP contribution is -2.40. The molecule has 2 rings (SSSR count). The molecule has 16 heavy (non-hydrogen) atoms. The maximum atomic E-state index is 9.63. The summed E-state index contributed by atoms with van der Waals surface area (Å²) < 4.78 is 5.19. The molecule has 1 aliphatic heterocycles. The van der Waals surface area contributed by atoms with Crippen LogP contribution in [0.1, 0.15) is 18.5 Å². The summed E-state index contributed by atoms with van der Waals surface area (Å²) in [4.78, 5) is 0. The first-order valence-corrected chi connectivity index (χ1v) is 5.82. The van der Waals surface area contributed by atoms with E-state index in [0.29, 0.717) is 13.2 Å². The standard InChI is InChI=1S/C12H16ClNO2/c1-8(9-4-2-3-5-10(9)13)14-11-6-16-7-12(11)15/h2-5,8,11-12,14-15H,6-7H2,1H3/t8-,11?,12?/m1/s1. The zero-order chi connectivity index (χ0) is 11.5. The van der Waals surface area contributed by atoms with Crippen molar-refractivity contribution in [3.8, 4) is 0 Å². The van der Waals surface area contributed by atoms with Crippen molar-refractivity contribution in [1.29, 1.82) is 0 Å². The molecule has 0 bridgehead atoms. The van der Waals surface area contributed by atoms with Crippen LogP contribution in [0.3, 0.4) is 0 Å². The van der Waals surface area contributed by atoms with Gasteiger partial charge in [-0.3, -0.25) is 0 Å². The number of aliphatic hydroxyl groups is 1. The van der Waals surface area contributed by atoms with Gasteiger partial charge in [-0.1, -0.05) is 29.8 Å². The molecule has 0 spiro atoms. The second-order valence-electron chi connectivity index (χ2n) is 4.12. The van der Waals surface area contributed by atoms with Crippen LogP contribution in [0.4, 0.5) is 0 Å². The Bertz CT molecular complexity index is 359. The third kappa shape index (κ3) is 2.55. The van der Waals surface area contributed by atoms with E-state index in [1.807, 2.05) is 31.2 Å². The third-order valence-electron chi connectivity index (χ3n) is 2.89. The maximum absolute atomic E-state index is 9.63. The number of ether oxygens (including phenoxy) is 1. The Labute approximate surface area is 100 Å². The average molecular weight is 242 g/mol. The Kier molecular flexibility index (Phi) is 3.82. The van der Waals surface area contributed by atoms with Gasteiger partial charge in [0.05, 0.1) is 25.4 Å². The number of halogens is 1.